The molecule has 0 radical (unpaired) electrons. The zero-order chi connectivity index (χ0) is 19.7. The van der Waals surface area contributed by atoms with E-state index in [4.69, 9.17) is 0 Å². The molecule has 10 heteroatoms. The van der Waals surface area contributed by atoms with E-state index >= 15 is 0 Å². The van der Waals surface area contributed by atoms with Gasteiger partial charge in [-0.05, 0) is 29.8 Å². The predicted molar refractivity (Wildman–Crippen MR) is 91.6 cm³/mol. The summed E-state index contributed by atoms with van der Waals surface area (Å²) in [5.74, 6) is -2.38. The standard InChI is InChI=1S/C17H11N3O7/c21-15(10-3-7-12(8-4-10)20(26)27)13-14(18-17(23)16(13)22)9-1-5-11(6-2-9)19(24)25/h1-8,14,21H,(H,18,23)/b15-13+/t14-/m1/s1. The van der Waals surface area contributed by atoms with E-state index in [1.54, 1.807) is 0 Å². The first-order chi connectivity index (χ1) is 12.8. The Morgan fingerprint density at radius 3 is 1.85 bits per heavy atom. The monoisotopic (exact) mass is 369 g/mol. The van der Waals surface area contributed by atoms with Crippen molar-refractivity contribution >= 4 is 28.8 Å². The van der Waals surface area contributed by atoms with E-state index in [0.717, 1.165) is 12.1 Å². The topological polar surface area (TPSA) is 153 Å². The van der Waals surface area contributed by atoms with Gasteiger partial charge in [-0.2, -0.15) is 0 Å². The van der Waals surface area contributed by atoms with Crippen LogP contribution in [0.4, 0.5) is 11.4 Å². The Kier molecular flexibility index (Phi) is 4.38. The fourth-order valence-electron chi connectivity index (χ4n) is 2.70. The van der Waals surface area contributed by atoms with E-state index in [2.05, 4.69) is 5.32 Å². The maximum Gasteiger partial charge on any atom is 0.293 e. The van der Waals surface area contributed by atoms with Crippen LogP contribution in [0.15, 0.2) is 54.1 Å². The highest BCUT2D eigenvalue weighted by molar-refractivity contribution is 6.46. The molecule has 0 saturated carbocycles. The van der Waals surface area contributed by atoms with E-state index < -0.39 is 33.3 Å². The molecule has 1 aliphatic rings. The second-order valence-corrected chi connectivity index (χ2v) is 5.65. The van der Waals surface area contributed by atoms with Crippen molar-refractivity contribution in [3.05, 3.63) is 85.5 Å². The summed E-state index contributed by atoms with van der Waals surface area (Å²) in [6.07, 6.45) is 0. The van der Waals surface area contributed by atoms with Gasteiger partial charge in [0.05, 0.1) is 21.5 Å². The Bertz CT molecular complexity index is 994. The summed E-state index contributed by atoms with van der Waals surface area (Å²) in [6.45, 7) is 0. The van der Waals surface area contributed by atoms with Crippen LogP contribution in [0.25, 0.3) is 5.76 Å². The molecular formula is C17H11N3O7. The Labute approximate surface area is 151 Å². The smallest absolute Gasteiger partial charge is 0.293 e. The first-order valence-corrected chi connectivity index (χ1v) is 7.57. The van der Waals surface area contributed by atoms with Crippen LogP contribution in [-0.4, -0.2) is 26.6 Å². The fraction of sp³-hybridized carbons (Fsp3) is 0.0588. The Hall–Kier alpha value is -4.08. The van der Waals surface area contributed by atoms with E-state index in [9.17, 15) is 34.9 Å². The van der Waals surface area contributed by atoms with Gasteiger partial charge in [0.1, 0.15) is 5.76 Å². The van der Waals surface area contributed by atoms with Crippen molar-refractivity contribution in [1.29, 1.82) is 0 Å². The number of nitro groups is 2. The van der Waals surface area contributed by atoms with Crippen molar-refractivity contribution in [3.63, 3.8) is 0 Å². The number of nitrogens with one attached hydrogen (secondary N) is 1. The molecule has 1 heterocycles. The molecule has 0 aromatic heterocycles. The van der Waals surface area contributed by atoms with Crippen LogP contribution in [0.2, 0.25) is 0 Å². The first-order valence-electron chi connectivity index (χ1n) is 7.57. The molecule has 0 spiro atoms. The van der Waals surface area contributed by atoms with Crippen molar-refractivity contribution < 1.29 is 24.5 Å². The van der Waals surface area contributed by atoms with Crippen LogP contribution in [0.5, 0.6) is 0 Å². The molecule has 10 nitrogen and oxygen atoms in total. The van der Waals surface area contributed by atoms with Crippen LogP contribution in [0, 0.1) is 20.2 Å². The maximum atomic E-state index is 12.2. The second-order valence-electron chi connectivity index (χ2n) is 5.65. The molecule has 3 rings (SSSR count). The number of Topliss-reactive ketones (excluding diaryl/α,β-unsaturated/α-hetero) is 1. The number of carbonyl (C=O) groups is 2. The van der Waals surface area contributed by atoms with Gasteiger partial charge >= 0.3 is 0 Å². The number of nitrogens with zero attached hydrogens (tertiary/aromatic N) is 2. The zero-order valence-electron chi connectivity index (χ0n) is 13.5. The minimum absolute atomic E-state index is 0.118. The summed E-state index contributed by atoms with van der Waals surface area (Å²) in [7, 11) is 0. The quantitative estimate of drug-likeness (QED) is 0.275. The number of carbonyl (C=O) groups excluding carboxylic acids is 2. The number of non-ortho nitro benzene ring substituents is 2. The molecule has 1 saturated heterocycles. The highest BCUT2D eigenvalue weighted by Crippen LogP contribution is 2.33. The lowest BCUT2D eigenvalue weighted by Crippen LogP contribution is -2.21. The van der Waals surface area contributed by atoms with Crippen molar-refractivity contribution in [2.24, 2.45) is 0 Å². The van der Waals surface area contributed by atoms with Gasteiger partial charge in [-0.1, -0.05) is 0 Å². The minimum atomic E-state index is -0.999. The number of benzene rings is 2. The third-order valence-electron chi connectivity index (χ3n) is 4.06. The average molecular weight is 369 g/mol. The van der Waals surface area contributed by atoms with Crippen molar-refractivity contribution in [2.45, 2.75) is 6.04 Å². The van der Waals surface area contributed by atoms with E-state index in [1.807, 2.05) is 0 Å². The number of aliphatic hydroxyl groups is 1. The number of amides is 1. The lowest BCUT2D eigenvalue weighted by Gasteiger charge is -2.13. The van der Waals surface area contributed by atoms with Gasteiger partial charge in [0.2, 0.25) is 0 Å². The number of aliphatic hydroxyl groups excluding tert-OH is 1. The van der Waals surface area contributed by atoms with Crippen molar-refractivity contribution in [1.82, 2.24) is 5.32 Å². The normalized spacial score (nSPS) is 18.1. The molecule has 1 fully saturated rings. The van der Waals surface area contributed by atoms with Gasteiger partial charge in [0.25, 0.3) is 23.1 Å². The molecule has 2 N–H and O–H groups in total. The lowest BCUT2D eigenvalue weighted by atomic mass is 9.95. The highest BCUT2D eigenvalue weighted by atomic mass is 16.6. The molecule has 1 atom stereocenters. The number of ketones is 1. The number of hydrogen-bond acceptors (Lipinski definition) is 7. The van der Waals surface area contributed by atoms with Gasteiger partial charge in [-0.25, -0.2) is 0 Å². The summed E-state index contributed by atoms with van der Waals surface area (Å²) in [4.78, 5) is 44.3. The lowest BCUT2D eigenvalue weighted by molar-refractivity contribution is -0.385. The summed E-state index contributed by atoms with van der Waals surface area (Å²) in [6, 6.07) is 8.97. The predicted octanol–water partition coefficient (Wildman–Crippen LogP) is 2.21. The van der Waals surface area contributed by atoms with E-state index in [-0.39, 0.29) is 22.5 Å². The van der Waals surface area contributed by atoms with Gasteiger partial charge in [-0.3, -0.25) is 29.8 Å². The minimum Gasteiger partial charge on any atom is -0.507 e. The third kappa shape index (κ3) is 3.23. The third-order valence-corrected chi connectivity index (χ3v) is 4.06. The molecular weight excluding hydrogens is 358 g/mol. The van der Waals surface area contributed by atoms with E-state index in [0.29, 0.717) is 5.56 Å². The molecule has 2 aromatic carbocycles. The Morgan fingerprint density at radius 2 is 1.37 bits per heavy atom. The number of hydrogen-bond donors (Lipinski definition) is 2. The molecule has 27 heavy (non-hydrogen) atoms. The van der Waals surface area contributed by atoms with Gasteiger partial charge < -0.3 is 10.4 Å². The molecule has 0 aliphatic carbocycles. The molecule has 136 valence electrons. The maximum absolute atomic E-state index is 12.2. The molecule has 0 bridgehead atoms. The van der Waals surface area contributed by atoms with Gasteiger partial charge in [0, 0.05) is 29.8 Å². The van der Waals surface area contributed by atoms with Crippen LogP contribution in [-0.2, 0) is 9.59 Å². The zero-order valence-corrected chi connectivity index (χ0v) is 13.5. The second kappa shape index (κ2) is 6.67. The molecule has 1 aliphatic heterocycles. The van der Waals surface area contributed by atoms with Gasteiger partial charge in [-0.15, -0.1) is 0 Å². The summed E-state index contributed by atoms with van der Waals surface area (Å²) >= 11 is 0. The van der Waals surface area contributed by atoms with Crippen LogP contribution < -0.4 is 5.32 Å². The Balaban J connectivity index is 2.05. The highest BCUT2D eigenvalue weighted by Gasteiger charge is 2.39. The Morgan fingerprint density at radius 1 is 0.889 bits per heavy atom. The fourth-order valence-corrected chi connectivity index (χ4v) is 2.70. The molecule has 2 aromatic rings. The summed E-state index contributed by atoms with van der Waals surface area (Å²) in [5, 5.41) is 34.4. The molecule has 0 unspecified atom stereocenters. The number of rotatable bonds is 4. The summed E-state index contributed by atoms with van der Waals surface area (Å²) in [5.41, 5.74) is -0.117. The number of nitro benzene ring substituents is 2. The average Bonchev–Trinajstić information content (AvgIpc) is 2.96. The summed E-state index contributed by atoms with van der Waals surface area (Å²) < 4.78 is 0. The van der Waals surface area contributed by atoms with E-state index in [1.165, 1.54) is 36.4 Å². The van der Waals surface area contributed by atoms with Crippen molar-refractivity contribution in [3.8, 4) is 0 Å². The van der Waals surface area contributed by atoms with Crippen LogP contribution >= 0.6 is 0 Å². The van der Waals surface area contributed by atoms with Crippen molar-refractivity contribution in [2.75, 3.05) is 0 Å². The van der Waals surface area contributed by atoms with Gasteiger partial charge in [0.15, 0.2) is 0 Å². The largest absolute Gasteiger partial charge is 0.507 e. The SMILES string of the molecule is O=C1N[C@H](c2ccc([N+](=O)[O-])cc2)/C(=C(\O)c2ccc([N+](=O)[O-])cc2)C1=O. The van der Waals surface area contributed by atoms with Crippen LogP contribution in [0.1, 0.15) is 17.2 Å². The van der Waals surface area contributed by atoms with Crippen LogP contribution in [0.3, 0.4) is 0 Å². The molecule has 1 amide bonds. The first kappa shape index (κ1) is 17.7.